The second-order valence-electron chi connectivity index (χ2n) is 4.54. The van der Waals surface area contributed by atoms with Crippen molar-refractivity contribution >= 4 is 5.97 Å². The van der Waals surface area contributed by atoms with Crippen LogP contribution in [0.5, 0.6) is 11.5 Å². The number of hydrogen-bond donors (Lipinski definition) is 0. The summed E-state index contributed by atoms with van der Waals surface area (Å²) < 4.78 is 16.3. The largest absolute Gasteiger partial charge is 0.496 e. The maximum Gasteiger partial charge on any atom is 0.341 e. The monoisotopic (exact) mass is 300 g/mol. The van der Waals surface area contributed by atoms with Gasteiger partial charge in [-0.2, -0.15) is 0 Å². The molecular weight excluding hydrogens is 280 g/mol. The van der Waals surface area contributed by atoms with Gasteiger partial charge in [0, 0.05) is 11.1 Å². The third kappa shape index (κ3) is 3.22. The minimum atomic E-state index is -0.386. The summed E-state index contributed by atoms with van der Waals surface area (Å²) in [6.45, 7) is 4.44. The van der Waals surface area contributed by atoms with Gasteiger partial charge in [-0.3, -0.25) is 0 Å². The molecule has 0 fully saturated rings. The van der Waals surface area contributed by atoms with Gasteiger partial charge in [0.1, 0.15) is 17.1 Å². The molecule has 0 aromatic heterocycles. The van der Waals surface area contributed by atoms with Gasteiger partial charge in [-0.25, -0.2) is 4.79 Å². The fraction of sp³-hybridized carbons (Fsp3) is 0.278. The van der Waals surface area contributed by atoms with Crippen LogP contribution in [0.4, 0.5) is 0 Å². The predicted octanol–water partition coefficient (Wildman–Crippen LogP) is 3.94. The average molecular weight is 300 g/mol. The van der Waals surface area contributed by atoms with Crippen LogP contribution >= 0.6 is 0 Å². The number of carbonyl (C=O) groups excluding carboxylic acids is 1. The lowest BCUT2D eigenvalue weighted by Crippen LogP contribution is -2.08. The maximum absolute atomic E-state index is 12.1. The molecule has 2 aromatic rings. The Bertz CT molecular complexity index is 649. The van der Waals surface area contributed by atoms with E-state index >= 15 is 0 Å². The van der Waals surface area contributed by atoms with Gasteiger partial charge < -0.3 is 14.2 Å². The second-order valence-corrected chi connectivity index (χ2v) is 4.54. The summed E-state index contributed by atoms with van der Waals surface area (Å²) in [6, 6.07) is 13.1. The summed E-state index contributed by atoms with van der Waals surface area (Å²) in [5, 5.41) is 0. The molecular formula is C18H20O4. The molecule has 0 aliphatic heterocycles. The average Bonchev–Trinajstić information content (AvgIpc) is 2.55. The van der Waals surface area contributed by atoms with Crippen LogP contribution in [0.15, 0.2) is 42.5 Å². The zero-order valence-electron chi connectivity index (χ0n) is 13.1. The first kappa shape index (κ1) is 15.9. The van der Waals surface area contributed by atoms with Crippen molar-refractivity contribution in [3.8, 4) is 22.6 Å². The van der Waals surface area contributed by atoms with Crippen LogP contribution in [0, 0.1) is 0 Å². The lowest BCUT2D eigenvalue weighted by atomic mass is 10.0. The highest BCUT2D eigenvalue weighted by Crippen LogP contribution is 2.38. The summed E-state index contributed by atoms with van der Waals surface area (Å²) in [5.41, 5.74) is 2.11. The molecule has 2 rings (SSSR count). The van der Waals surface area contributed by atoms with Gasteiger partial charge in [0.2, 0.25) is 0 Å². The molecule has 4 heteroatoms. The van der Waals surface area contributed by atoms with Crippen LogP contribution in [-0.2, 0) is 4.74 Å². The lowest BCUT2D eigenvalue weighted by Gasteiger charge is -2.16. The van der Waals surface area contributed by atoms with Gasteiger partial charge >= 0.3 is 5.97 Å². The Morgan fingerprint density at radius 2 is 1.68 bits per heavy atom. The Balaban J connectivity index is 2.60. The number of benzene rings is 2. The van der Waals surface area contributed by atoms with Crippen molar-refractivity contribution in [3.05, 3.63) is 48.0 Å². The third-order valence-electron chi connectivity index (χ3n) is 3.20. The topological polar surface area (TPSA) is 44.8 Å². The Morgan fingerprint density at radius 3 is 2.36 bits per heavy atom. The Hall–Kier alpha value is -2.49. The molecule has 0 unspecified atom stereocenters. The van der Waals surface area contributed by atoms with Gasteiger partial charge in [0.15, 0.2) is 0 Å². The van der Waals surface area contributed by atoms with E-state index in [9.17, 15) is 4.79 Å². The smallest absolute Gasteiger partial charge is 0.341 e. The zero-order chi connectivity index (χ0) is 15.9. The Kier molecular flexibility index (Phi) is 5.42. The fourth-order valence-electron chi connectivity index (χ4n) is 2.29. The van der Waals surface area contributed by atoms with Crippen molar-refractivity contribution < 1.29 is 19.0 Å². The molecule has 0 amide bonds. The molecule has 0 N–H and O–H groups in total. The highest BCUT2D eigenvalue weighted by molar-refractivity contribution is 5.96. The Labute approximate surface area is 130 Å². The van der Waals surface area contributed by atoms with E-state index in [2.05, 4.69) is 0 Å². The normalized spacial score (nSPS) is 10.1. The van der Waals surface area contributed by atoms with Gasteiger partial charge in [-0.05, 0) is 26.0 Å². The molecule has 4 nitrogen and oxygen atoms in total. The highest BCUT2D eigenvalue weighted by atomic mass is 16.5. The molecule has 0 heterocycles. The van der Waals surface area contributed by atoms with Crippen molar-refractivity contribution in [1.29, 1.82) is 0 Å². The fourth-order valence-corrected chi connectivity index (χ4v) is 2.29. The second kappa shape index (κ2) is 7.50. The zero-order valence-corrected chi connectivity index (χ0v) is 13.1. The molecule has 0 atom stereocenters. The molecule has 2 aromatic carbocycles. The summed E-state index contributed by atoms with van der Waals surface area (Å²) in [5.74, 6) is 0.861. The van der Waals surface area contributed by atoms with Crippen LogP contribution in [-0.4, -0.2) is 26.3 Å². The molecule has 0 saturated carbocycles. The lowest BCUT2D eigenvalue weighted by molar-refractivity contribution is 0.0522. The van der Waals surface area contributed by atoms with Gasteiger partial charge in [0.25, 0.3) is 0 Å². The maximum atomic E-state index is 12.1. The molecule has 0 radical (unpaired) electrons. The van der Waals surface area contributed by atoms with E-state index in [0.717, 1.165) is 16.9 Å². The van der Waals surface area contributed by atoms with Crippen molar-refractivity contribution in [1.82, 2.24) is 0 Å². The number of rotatable bonds is 6. The van der Waals surface area contributed by atoms with E-state index in [4.69, 9.17) is 14.2 Å². The van der Waals surface area contributed by atoms with E-state index in [0.29, 0.717) is 24.5 Å². The molecule has 0 saturated heterocycles. The van der Waals surface area contributed by atoms with Crippen LogP contribution in [0.3, 0.4) is 0 Å². The van der Waals surface area contributed by atoms with Crippen molar-refractivity contribution in [2.75, 3.05) is 20.3 Å². The van der Waals surface area contributed by atoms with E-state index in [1.54, 1.807) is 20.1 Å². The summed E-state index contributed by atoms with van der Waals surface area (Å²) in [4.78, 5) is 12.1. The van der Waals surface area contributed by atoms with E-state index in [-0.39, 0.29) is 5.97 Å². The number of esters is 1. The first-order chi connectivity index (χ1) is 10.7. The molecule has 0 spiro atoms. The number of methoxy groups -OCH3 is 1. The Morgan fingerprint density at radius 1 is 0.955 bits per heavy atom. The minimum Gasteiger partial charge on any atom is -0.496 e. The van der Waals surface area contributed by atoms with Gasteiger partial charge in [-0.15, -0.1) is 0 Å². The summed E-state index contributed by atoms with van der Waals surface area (Å²) in [7, 11) is 1.62. The van der Waals surface area contributed by atoms with Crippen LogP contribution in [0.25, 0.3) is 11.1 Å². The summed E-state index contributed by atoms with van der Waals surface area (Å²) in [6.07, 6.45) is 0. The molecule has 0 bridgehead atoms. The van der Waals surface area contributed by atoms with Crippen molar-refractivity contribution in [2.24, 2.45) is 0 Å². The van der Waals surface area contributed by atoms with Crippen molar-refractivity contribution in [2.45, 2.75) is 13.8 Å². The molecule has 0 aliphatic carbocycles. The predicted molar refractivity (Wildman–Crippen MR) is 85.6 cm³/mol. The third-order valence-corrected chi connectivity index (χ3v) is 3.20. The minimum absolute atomic E-state index is 0.323. The molecule has 116 valence electrons. The number of hydrogen-bond acceptors (Lipinski definition) is 4. The van der Waals surface area contributed by atoms with E-state index in [1.807, 2.05) is 43.3 Å². The SMILES string of the molecule is CCOC(=O)c1cccc(-c2ccccc2OC)c1OCC. The summed E-state index contributed by atoms with van der Waals surface area (Å²) >= 11 is 0. The van der Waals surface area contributed by atoms with E-state index < -0.39 is 0 Å². The quantitative estimate of drug-likeness (QED) is 0.758. The first-order valence-corrected chi connectivity index (χ1v) is 7.29. The van der Waals surface area contributed by atoms with Crippen LogP contribution in [0.2, 0.25) is 0 Å². The number of para-hydroxylation sites is 2. The molecule has 0 aliphatic rings. The van der Waals surface area contributed by atoms with Crippen LogP contribution in [0.1, 0.15) is 24.2 Å². The highest BCUT2D eigenvalue weighted by Gasteiger charge is 2.19. The van der Waals surface area contributed by atoms with Crippen LogP contribution < -0.4 is 9.47 Å². The number of carbonyl (C=O) groups is 1. The number of ether oxygens (including phenoxy) is 3. The van der Waals surface area contributed by atoms with Crippen molar-refractivity contribution in [3.63, 3.8) is 0 Å². The first-order valence-electron chi connectivity index (χ1n) is 7.29. The van der Waals surface area contributed by atoms with Gasteiger partial charge in [0.05, 0.1) is 20.3 Å². The standard InChI is InChI=1S/C18H20O4/c1-4-21-17-14(13-9-6-7-12-16(13)20-3)10-8-11-15(17)18(19)22-5-2/h6-12H,4-5H2,1-3H3. The van der Waals surface area contributed by atoms with E-state index in [1.165, 1.54) is 0 Å². The van der Waals surface area contributed by atoms with Gasteiger partial charge in [-0.1, -0.05) is 30.3 Å². The molecule has 22 heavy (non-hydrogen) atoms.